The standard InChI is InChI=1S/C26H32N2O4/c1-5-11-28(12-13-29)25(31)19-8-6-7-18(14-19)24(30)16-23-22-15-21(32-4)10-9-20(22)17-26(2,3)27-23/h6-10,14-16,27,29H,5,11-13,17H2,1-4H3. The van der Waals surface area contributed by atoms with E-state index in [1.54, 1.807) is 42.4 Å². The lowest BCUT2D eigenvalue weighted by Gasteiger charge is -2.35. The van der Waals surface area contributed by atoms with E-state index in [4.69, 9.17) is 4.74 Å². The predicted molar refractivity (Wildman–Crippen MR) is 126 cm³/mol. The number of hydrogen-bond donors (Lipinski definition) is 2. The number of carbonyl (C=O) groups is 2. The minimum Gasteiger partial charge on any atom is -0.497 e. The van der Waals surface area contributed by atoms with Gasteiger partial charge in [-0.1, -0.05) is 25.1 Å². The van der Waals surface area contributed by atoms with Crippen molar-refractivity contribution in [3.63, 3.8) is 0 Å². The summed E-state index contributed by atoms with van der Waals surface area (Å²) in [5.74, 6) is 0.365. The van der Waals surface area contributed by atoms with Crippen LogP contribution in [0.25, 0.3) is 5.70 Å². The lowest BCUT2D eigenvalue weighted by molar-refractivity contribution is 0.0722. The monoisotopic (exact) mass is 436 g/mol. The second-order valence-electron chi connectivity index (χ2n) is 8.73. The van der Waals surface area contributed by atoms with E-state index in [-0.39, 0.29) is 30.4 Å². The van der Waals surface area contributed by atoms with Gasteiger partial charge in [-0.2, -0.15) is 0 Å². The van der Waals surface area contributed by atoms with Gasteiger partial charge in [-0.3, -0.25) is 9.59 Å². The van der Waals surface area contributed by atoms with Crippen molar-refractivity contribution in [2.45, 2.75) is 39.2 Å². The van der Waals surface area contributed by atoms with Crippen LogP contribution in [0.4, 0.5) is 0 Å². The summed E-state index contributed by atoms with van der Waals surface area (Å²) in [7, 11) is 1.62. The minimum atomic E-state index is -0.198. The van der Waals surface area contributed by atoms with E-state index < -0.39 is 0 Å². The highest BCUT2D eigenvalue weighted by atomic mass is 16.5. The molecule has 0 aromatic heterocycles. The normalized spacial score (nSPS) is 15.6. The summed E-state index contributed by atoms with van der Waals surface area (Å²) < 4.78 is 5.37. The maximum absolute atomic E-state index is 13.2. The van der Waals surface area contributed by atoms with Crippen molar-refractivity contribution in [2.24, 2.45) is 0 Å². The molecule has 1 aliphatic heterocycles. The molecule has 0 saturated carbocycles. The van der Waals surface area contributed by atoms with E-state index in [2.05, 4.69) is 19.2 Å². The van der Waals surface area contributed by atoms with Crippen LogP contribution >= 0.6 is 0 Å². The number of aliphatic hydroxyl groups excluding tert-OH is 1. The fourth-order valence-electron chi connectivity index (χ4n) is 4.06. The van der Waals surface area contributed by atoms with Crippen molar-refractivity contribution in [3.8, 4) is 5.75 Å². The number of benzene rings is 2. The van der Waals surface area contributed by atoms with Gasteiger partial charge in [0.2, 0.25) is 0 Å². The molecule has 0 fully saturated rings. The van der Waals surface area contributed by atoms with Crippen LogP contribution in [-0.4, -0.2) is 54.0 Å². The Morgan fingerprint density at radius 2 is 1.91 bits per heavy atom. The molecule has 2 aromatic rings. The van der Waals surface area contributed by atoms with Gasteiger partial charge in [0.05, 0.1) is 13.7 Å². The molecule has 6 nitrogen and oxygen atoms in total. The number of rotatable bonds is 8. The second kappa shape index (κ2) is 10.0. The average molecular weight is 437 g/mol. The predicted octanol–water partition coefficient (Wildman–Crippen LogP) is 3.69. The van der Waals surface area contributed by atoms with E-state index in [9.17, 15) is 14.7 Å². The first-order chi connectivity index (χ1) is 15.3. The number of nitrogens with one attached hydrogen (secondary N) is 1. The second-order valence-corrected chi connectivity index (χ2v) is 8.73. The molecule has 6 heteroatoms. The van der Waals surface area contributed by atoms with E-state index in [0.717, 1.165) is 35.4 Å². The molecule has 0 bridgehead atoms. The minimum absolute atomic E-state index is 0.0964. The number of allylic oxidation sites excluding steroid dienone is 1. The van der Waals surface area contributed by atoms with Gasteiger partial charge in [-0.15, -0.1) is 0 Å². The molecule has 0 spiro atoms. The summed E-state index contributed by atoms with van der Waals surface area (Å²) >= 11 is 0. The van der Waals surface area contributed by atoms with Gasteiger partial charge in [-0.25, -0.2) is 0 Å². The van der Waals surface area contributed by atoms with Gasteiger partial charge in [-0.05, 0) is 56.5 Å². The first kappa shape index (κ1) is 23.5. The van der Waals surface area contributed by atoms with Crippen LogP contribution in [0.2, 0.25) is 0 Å². The van der Waals surface area contributed by atoms with Crippen molar-refractivity contribution in [2.75, 3.05) is 26.8 Å². The molecule has 0 radical (unpaired) electrons. The number of amides is 1. The van der Waals surface area contributed by atoms with E-state index >= 15 is 0 Å². The van der Waals surface area contributed by atoms with Gasteiger partial charge in [0.25, 0.3) is 5.91 Å². The largest absolute Gasteiger partial charge is 0.497 e. The van der Waals surface area contributed by atoms with Crippen LogP contribution < -0.4 is 10.1 Å². The maximum Gasteiger partial charge on any atom is 0.253 e. The molecule has 1 amide bonds. The number of ether oxygens (including phenoxy) is 1. The van der Waals surface area contributed by atoms with Crippen LogP contribution in [0.3, 0.4) is 0 Å². The molecule has 2 N–H and O–H groups in total. The van der Waals surface area contributed by atoms with Gasteiger partial charge < -0.3 is 20.1 Å². The van der Waals surface area contributed by atoms with E-state index in [1.807, 2.05) is 25.1 Å². The Labute approximate surface area is 189 Å². The number of fused-ring (bicyclic) bond motifs is 1. The molecule has 32 heavy (non-hydrogen) atoms. The molecule has 2 aromatic carbocycles. The Morgan fingerprint density at radius 3 is 2.59 bits per heavy atom. The van der Waals surface area contributed by atoms with Gasteiger partial charge in [0.15, 0.2) is 5.78 Å². The van der Waals surface area contributed by atoms with Crippen molar-refractivity contribution >= 4 is 17.4 Å². The van der Waals surface area contributed by atoms with Crippen LogP contribution in [0.5, 0.6) is 5.75 Å². The highest BCUT2D eigenvalue weighted by Gasteiger charge is 2.28. The zero-order chi connectivity index (χ0) is 23.3. The Bertz CT molecular complexity index is 1020. The van der Waals surface area contributed by atoms with Gasteiger partial charge >= 0.3 is 0 Å². The molecule has 170 valence electrons. The Kier molecular flexibility index (Phi) is 7.36. The number of carbonyl (C=O) groups excluding carboxylic acids is 2. The first-order valence-electron chi connectivity index (χ1n) is 11.0. The molecule has 0 aliphatic carbocycles. The summed E-state index contributed by atoms with van der Waals surface area (Å²) in [6, 6.07) is 12.7. The summed E-state index contributed by atoms with van der Waals surface area (Å²) in [4.78, 5) is 27.6. The van der Waals surface area contributed by atoms with Crippen molar-refractivity contribution < 1.29 is 19.4 Å². The average Bonchev–Trinajstić information content (AvgIpc) is 2.77. The zero-order valence-electron chi connectivity index (χ0n) is 19.3. The lowest BCUT2D eigenvalue weighted by Crippen LogP contribution is -2.43. The third kappa shape index (κ3) is 5.37. The van der Waals surface area contributed by atoms with Crippen molar-refractivity contribution in [1.82, 2.24) is 10.2 Å². The molecule has 1 aliphatic rings. The lowest BCUT2D eigenvalue weighted by atomic mass is 9.85. The molecular weight excluding hydrogens is 404 g/mol. The van der Waals surface area contributed by atoms with E-state index in [1.165, 1.54) is 0 Å². The fraction of sp³-hybridized carbons (Fsp3) is 0.385. The van der Waals surface area contributed by atoms with Crippen LogP contribution in [0, 0.1) is 0 Å². The number of ketones is 1. The fourth-order valence-corrected chi connectivity index (χ4v) is 4.06. The quantitative estimate of drug-likeness (QED) is 0.487. The molecule has 0 unspecified atom stereocenters. The maximum atomic E-state index is 13.2. The number of aliphatic hydroxyl groups is 1. The zero-order valence-corrected chi connectivity index (χ0v) is 19.3. The van der Waals surface area contributed by atoms with E-state index in [0.29, 0.717) is 17.7 Å². The Hall–Kier alpha value is -3.12. The number of methoxy groups -OCH3 is 1. The smallest absolute Gasteiger partial charge is 0.253 e. The van der Waals surface area contributed by atoms with Gasteiger partial charge in [0.1, 0.15) is 5.75 Å². The molecule has 0 atom stereocenters. The number of hydrogen-bond acceptors (Lipinski definition) is 5. The molecule has 0 saturated heterocycles. The Balaban J connectivity index is 1.93. The highest BCUT2D eigenvalue weighted by Crippen LogP contribution is 2.32. The van der Waals surface area contributed by atoms with Crippen molar-refractivity contribution in [3.05, 3.63) is 70.8 Å². The summed E-state index contributed by atoms with van der Waals surface area (Å²) in [5, 5.41) is 12.7. The summed E-state index contributed by atoms with van der Waals surface area (Å²) in [5.41, 5.74) is 3.52. The third-order valence-corrected chi connectivity index (χ3v) is 5.53. The topological polar surface area (TPSA) is 78.9 Å². The summed E-state index contributed by atoms with van der Waals surface area (Å²) in [6.07, 6.45) is 3.22. The van der Waals surface area contributed by atoms with Crippen LogP contribution in [0.15, 0.2) is 48.5 Å². The SMILES string of the molecule is CCCN(CCO)C(=O)c1cccc(C(=O)C=C2NC(C)(C)Cc3ccc(OC)cc32)c1. The highest BCUT2D eigenvalue weighted by molar-refractivity contribution is 6.10. The molecule has 1 heterocycles. The molecular formula is C26H32N2O4. The van der Waals surface area contributed by atoms with Crippen LogP contribution in [-0.2, 0) is 6.42 Å². The van der Waals surface area contributed by atoms with Crippen LogP contribution in [0.1, 0.15) is 59.0 Å². The number of nitrogens with zero attached hydrogens (tertiary/aromatic N) is 1. The van der Waals surface area contributed by atoms with Crippen molar-refractivity contribution in [1.29, 1.82) is 0 Å². The third-order valence-electron chi connectivity index (χ3n) is 5.53. The van der Waals surface area contributed by atoms with Gasteiger partial charge in [0, 0.05) is 47.1 Å². The molecule has 3 rings (SSSR count). The first-order valence-corrected chi connectivity index (χ1v) is 11.0. The Morgan fingerprint density at radius 1 is 1.16 bits per heavy atom. The summed E-state index contributed by atoms with van der Waals surface area (Å²) in [6.45, 7) is 6.91.